The van der Waals surface area contributed by atoms with Crippen LogP contribution in [0.4, 0.5) is 32.3 Å². The van der Waals surface area contributed by atoms with Gasteiger partial charge in [-0.15, -0.1) is 0 Å². The first-order valence-corrected chi connectivity index (χ1v) is 9.96. The average molecular weight is 482 g/mol. The highest BCUT2D eigenvalue weighted by Crippen LogP contribution is 2.36. The molecule has 1 atom stereocenters. The molecule has 0 radical (unpaired) electrons. The van der Waals surface area contributed by atoms with E-state index in [0.29, 0.717) is 12.4 Å². The molecule has 0 bridgehead atoms. The SMILES string of the molecule is O=C(c1c(F)cccc1-c1ncccn1)N1CCC(F)(F)[C@H]1CNc1ncc(C(F)(F)F)cn1. The first kappa shape index (κ1) is 23.4. The van der Waals surface area contributed by atoms with Gasteiger partial charge in [-0.1, -0.05) is 12.1 Å². The summed E-state index contributed by atoms with van der Waals surface area (Å²) in [7, 11) is 0. The fourth-order valence-corrected chi connectivity index (χ4v) is 3.59. The number of aromatic nitrogens is 4. The third-order valence-corrected chi connectivity index (χ3v) is 5.28. The van der Waals surface area contributed by atoms with E-state index in [-0.39, 0.29) is 23.9 Å². The van der Waals surface area contributed by atoms with Crippen molar-refractivity contribution in [3.63, 3.8) is 0 Å². The molecule has 1 aliphatic heterocycles. The zero-order chi connectivity index (χ0) is 24.5. The molecule has 1 aliphatic rings. The van der Waals surface area contributed by atoms with Crippen molar-refractivity contribution in [2.75, 3.05) is 18.4 Å². The molecule has 0 saturated carbocycles. The van der Waals surface area contributed by atoms with E-state index in [1.807, 2.05) is 0 Å². The molecule has 1 amide bonds. The maximum atomic E-state index is 14.7. The van der Waals surface area contributed by atoms with Crippen molar-refractivity contribution in [2.24, 2.45) is 0 Å². The molecule has 1 aromatic carbocycles. The lowest BCUT2D eigenvalue weighted by atomic mass is 10.0. The van der Waals surface area contributed by atoms with Crippen LogP contribution in [0.2, 0.25) is 0 Å². The highest BCUT2D eigenvalue weighted by atomic mass is 19.4. The molecule has 178 valence electrons. The Morgan fingerprint density at radius 2 is 1.76 bits per heavy atom. The number of carbonyl (C=O) groups is 1. The first-order chi connectivity index (χ1) is 16.1. The Kier molecular flexibility index (Phi) is 6.11. The van der Waals surface area contributed by atoms with Gasteiger partial charge in [0.2, 0.25) is 5.95 Å². The molecular formula is C21H16F6N6O. The van der Waals surface area contributed by atoms with Crippen LogP contribution in [0.15, 0.2) is 49.1 Å². The van der Waals surface area contributed by atoms with Gasteiger partial charge in [-0.2, -0.15) is 13.2 Å². The number of benzene rings is 1. The number of likely N-dealkylation sites (tertiary alicyclic amines) is 1. The van der Waals surface area contributed by atoms with Gasteiger partial charge in [-0.3, -0.25) is 4.79 Å². The van der Waals surface area contributed by atoms with E-state index in [1.54, 1.807) is 0 Å². The van der Waals surface area contributed by atoms with E-state index in [9.17, 15) is 31.1 Å². The maximum Gasteiger partial charge on any atom is 0.419 e. The lowest BCUT2D eigenvalue weighted by Gasteiger charge is -2.28. The molecule has 4 rings (SSSR count). The second-order valence-corrected chi connectivity index (χ2v) is 7.43. The summed E-state index contributed by atoms with van der Waals surface area (Å²) in [6.45, 7) is -0.939. The van der Waals surface area contributed by atoms with Crippen molar-refractivity contribution in [2.45, 2.75) is 24.6 Å². The van der Waals surface area contributed by atoms with Crippen molar-refractivity contribution in [3.8, 4) is 11.4 Å². The van der Waals surface area contributed by atoms with Crippen LogP contribution < -0.4 is 5.32 Å². The van der Waals surface area contributed by atoms with Gasteiger partial charge in [-0.25, -0.2) is 33.1 Å². The van der Waals surface area contributed by atoms with Crippen molar-refractivity contribution in [1.29, 1.82) is 0 Å². The molecule has 0 spiro atoms. The van der Waals surface area contributed by atoms with E-state index in [0.717, 1.165) is 11.0 Å². The highest BCUT2D eigenvalue weighted by molar-refractivity contribution is 6.00. The summed E-state index contributed by atoms with van der Waals surface area (Å²) in [6.07, 6.45) is -1.53. The predicted octanol–water partition coefficient (Wildman–Crippen LogP) is 4.05. The largest absolute Gasteiger partial charge is 0.419 e. The van der Waals surface area contributed by atoms with Gasteiger partial charge in [0.1, 0.15) is 11.9 Å². The van der Waals surface area contributed by atoms with Crippen LogP contribution in [0.5, 0.6) is 0 Å². The van der Waals surface area contributed by atoms with Gasteiger partial charge in [0.15, 0.2) is 5.82 Å². The minimum Gasteiger partial charge on any atom is -0.352 e. The molecule has 13 heteroatoms. The zero-order valence-corrected chi connectivity index (χ0v) is 17.2. The Morgan fingerprint density at radius 3 is 2.41 bits per heavy atom. The first-order valence-electron chi connectivity index (χ1n) is 9.96. The number of anilines is 1. The number of hydrogen-bond donors (Lipinski definition) is 1. The van der Waals surface area contributed by atoms with E-state index in [4.69, 9.17) is 0 Å². The Morgan fingerprint density at radius 1 is 1.09 bits per heavy atom. The van der Waals surface area contributed by atoms with Crippen LogP contribution >= 0.6 is 0 Å². The van der Waals surface area contributed by atoms with E-state index in [2.05, 4.69) is 25.3 Å². The van der Waals surface area contributed by atoms with E-state index in [1.165, 1.54) is 30.6 Å². The van der Waals surface area contributed by atoms with Crippen LogP contribution in [0.25, 0.3) is 11.4 Å². The summed E-state index contributed by atoms with van der Waals surface area (Å²) in [6, 6.07) is 3.57. The number of hydrogen-bond acceptors (Lipinski definition) is 6. The Balaban J connectivity index is 1.59. The summed E-state index contributed by atoms with van der Waals surface area (Å²) >= 11 is 0. The molecule has 34 heavy (non-hydrogen) atoms. The van der Waals surface area contributed by atoms with Gasteiger partial charge in [0.25, 0.3) is 11.8 Å². The average Bonchev–Trinajstić information content (AvgIpc) is 3.11. The van der Waals surface area contributed by atoms with Gasteiger partial charge in [-0.05, 0) is 12.1 Å². The third kappa shape index (κ3) is 4.63. The van der Waals surface area contributed by atoms with Crippen LogP contribution in [0.3, 0.4) is 0 Å². The summed E-state index contributed by atoms with van der Waals surface area (Å²) in [5, 5.41) is 2.44. The van der Waals surface area contributed by atoms with Gasteiger partial charge in [0.05, 0.1) is 11.1 Å². The molecule has 3 aromatic rings. The number of carbonyl (C=O) groups excluding carboxylic acids is 1. The lowest BCUT2D eigenvalue weighted by Crippen LogP contribution is -2.47. The quantitative estimate of drug-likeness (QED) is 0.553. The summed E-state index contributed by atoms with van der Waals surface area (Å²) < 4.78 is 82.0. The molecule has 1 saturated heterocycles. The Hall–Kier alpha value is -3.77. The van der Waals surface area contributed by atoms with Crippen molar-refractivity contribution >= 4 is 11.9 Å². The molecule has 0 aliphatic carbocycles. The standard InChI is InChI=1S/C21H16F6N6O/c22-14-4-1-3-13(17-28-6-2-7-29-17)16(14)18(34)33-8-5-20(23,24)15(33)11-32-19-30-9-12(10-31-19)21(25,26)27/h1-4,6-7,9-10,15H,5,8,11H2,(H,30,31,32)/t15-/m1/s1. The van der Waals surface area contributed by atoms with Gasteiger partial charge >= 0.3 is 6.18 Å². The molecular weight excluding hydrogens is 466 g/mol. The number of alkyl halides is 5. The minimum absolute atomic E-state index is 0.0404. The molecule has 1 N–H and O–H groups in total. The van der Waals surface area contributed by atoms with Gasteiger partial charge in [0, 0.05) is 49.9 Å². The third-order valence-electron chi connectivity index (χ3n) is 5.28. The number of rotatable bonds is 5. The van der Waals surface area contributed by atoms with Crippen molar-refractivity contribution < 1.29 is 31.1 Å². The number of nitrogens with zero attached hydrogens (tertiary/aromatic N) is 5. The number of amides is 1. The second-order valence-electron chi connectivity index (χ2n) is 7.43. The number of halogens is 6. The topological polar surface area (TPSA) is 83.9 Å². The normalized spacial score (nSPS) is 17.6. The monoisotopic (exact) mass is 482 g/mol. The lowest BCUT2D eigenvalue weighted by molar-refractivity contribution is -0.138. The summed E-state index contributed by atoms with van der Waals surface area (Å²) in [4.78, 5) is 29.0. The van der Waals surface area contributed by atoms with Crippen LogP contribution in [-0.2, 0) is 6.18 Å². The fourth-order valence-electron chi connectivity index (χ4n) is 3.59. The molecule has 3 heterocycles. The van der Waals surface area contributed by atoms with Crippen LogP contribution in [-0.4, -0.2) is 55.8 Å². The highest BCUT2D eigenvalue weighted by Gasteiger charge is 2.51. The Labute approximate surface area is 188 Å². The van der Waals surface area contributed by atoms with Gasteiger partial charge < -0.3 is 10.2 Å². The summed E-state index contributed by atoms with van der Waals surface area (Å²) in [5.74, 6) is -5.54. The minimum atomic E-state index is -4.65. The maximum absolute atomic E-state index is 14.7. The smallest absolute Gasteiger partial charge is 0.352 e. The zero-order valence-electron chi connectivity index (χ0n) is 17.2. The summed E-state index contributed by atoms with van der Waals surface area (Å²) in [5.41, 5.74) is -1.52. The molecule has 1 fully saturated rings. The number of nitrogens with one attached hydrogen (secondary N) is 1. The van der Waals surface area contributed by atoms with Crippen LogP contribution in [0, 0.1) is 5.82 Å². The second kappa shape index (κ2) is 8.88. The predicted molar refractivity (Wildman–Crippen MR) is 107 cm³/mol. The molecule has 0 unspecified atom stereocenters. The van der Waals surface area contributed by atoms with E-state index < -0.39 is 54.0 Å². The van der Waals surface area contributed by atoms with Crippen molar-refractivity contribution in [1.82, 2.24) is 24.8 Å². The Bertz CT molecular complexity index is 1170. The molecule has 2 aromatic heterocycles. The van der Waals surface area contributed by atoms with Crippen LogP contribution in [0.1, 0.15) is 22.3 Å². The fraction of sp³-hybridized carbons (Fsp3) is 0.286. The molecule has 7 nitrogen and oxygen atoms in total. The van der Waals surface area contributed by atoms with Crippen molar-refractivity contribution in [3.05, 3.63) is 66.0 Å². The van der Waals surface area contributed by atoms with E-state index >= 15 is 0 Å².